The number of ether oxygens (including phenoxy) is 2. The van der Waals surface area contributed by atoms with Crippen molar-refractivity contribution in [2.75, 3.05) is 20.2 Å². The van der Waals surface area contributed by atoms with Crippen LogP contribution >= 0.6 is 0 Å². The summed E-state index contributed by atoms with van der Waals surface area (Å²) in [6.07, 6.45) is 0.694. The van der Waals surface area contributed by atoms with Gasteiger partial charge in [0, 0.05) is 19.0 Å². The average molecular weight is 333 g/mol. The van der Waals surface area contributed by atoms with E-state index in [1.807, 2.05) is 39.0 Å². The van der Waals surface area contributed by atoms with E-state index in [9.17, 15) is 9.59 Å². The molecule has 1 aromatic rings. The zero-order valence-corrected chi connectivity index (χ0v) is 15.2. The highest BCUT2D eigenvalue weighted by Gasteiger charge is 2.37. The molecule has 0 N–H and O–H groups in total. The Morgan fingerprint density at radius 1 is 1.25 bits per heavy atom. The molecule has 132 valence electrons. The maximum absolute atomic E-state index is 12.4. The first kappa shape index (κ1) is 18.3. The van der Waals surface area contributed by atoms with Crippen molar-refractivity contribution >= 4 is 12.1 Å². The number of nitrogens with zero attached hydrogens (tertiary/aromatic N) is 1. The zero-order valence-electron chi connectivity index (χ0n) is 15.2. The van der Waals surface area contributed by atoms with Crippen LogP contribution in [0.4, 0.5) is 4.79 Å². The summed E-state index contributed by atoms with van der Waals surface area (Å²) >= 11 is 0. The van der Waals surface area contributed by atoms with Crippen molar-refractivity contribution in [2.45, 2.75) is 45.6 Å². The Labute approximate surface area is 143 Å². The first-order valence-electron chi connectivity index (χ1n) is 8.41. The smallest absolute Gasteiger partial charge is 0.410 e. The van der Waals surface area contributed by atoms with Crippen molar-refractivity contribution in [3.8, 4) is 0 Å². The van der Waals surface area contributed by atoms with Gasteiger partial charge >= 0.3 is 12.1 Å². The van der Waals surface area contributed by atoms with Gasteiger partial charge in [-0.1, -0.05) is 25.5 Å². The lowest BCUT2D eigenvalue weighted by Crippen LogP contribution is -2.35. The molecule has 1 aliphatic heterocycles. The molecular weight excluding hydrogens is 306 g/mol. The Kier molecular flexibility index (Phi) is 5.52. The second-order valence-corrected chi connectivity index (χ2v) is 7.28. The Morgan fingerprint density at radius 2 is 1.96 bits per heavy atom. The highest BCUT2D eigenvalue weighted by Crippen LogP contribution is 2.35. The molecule has 1 saturated heterocycles. The fourth-order valence-corrected chi connectivity index (χ4v) is 3.15. The lowest BCUT2D eigenvalue weighted by Gasteiger charge is -2.24. The summed E-state index contributed by atoms with van der Waals surface area (Å²) in [7, 11) is 1.38. The van der Waals surface area contributed by atoms with Gasteiger partial charge in [-0.15, -0.1) is 0 Å². The third kappa shape index (κ3) is 4.28. The van der Waals surface area contributed by atoms with Crippen LogP contribution in [0.15, 0.2) is 24.3 Å². The number of hydrogen-bond donors (Lipinski definition) is 0. The van der Waals surface area contributed by atoms with Crippen molar-refractivity contribution in [2.24, 2.45) is 5.92 Å². The molecule has 1 fully saturated rings. The van der Waals surface area contributed by atoms with Crippen LogP contribution in [0, 0.1) is 5.92 Å². The second kappa shape index (κ2) is 7.24. The lowest BCUT2D eigenvalue weighted by atomic mass is 9.86. The molecule has 5 heteroatoms. The van der Waals surface area contributed by atoms with E-state index >= 15 is 0 Å². The Hall–Kier alpha value is -2.04. The molecule has 1 amide bonds. The maximum Gasteiger partial charge on any atom is 0.410 e. The number of carbonyl (C=O) groups excluding carboxylic acids is 2. The second-order valence-electron chi connectivity index (χ2n) is 7.28. The number of hydrogen-bond acceptors (Lipinski definition) is 4. The molecular formula is C19H27NO4. The van der Waals surface area contributed by atoms with E-state index in [1.165, 1.54) is 7.11 Å². The van der Waals surface area contributed by atoms with E-state index < -0.39 is 5.60 Å². The van der Waals surface area contributed by atoms with Crippen molar-refractivity contribution < 1.29 is 19.1 Å². The van der Waals surface area contributed by atoms with Crippen molar-refractivity contribution in [1.29, 1.82) is 0 Å². The van der Waals surface area contributed by atoms with E-state index in [2.05, 4.69) is 6.92 Å². The van der Waals surface area contributed by atoms with Crippen molar-refractivity contribution in [1.82, 2.24) is 4.90 Å². The predicted molar refractivity (Wildman–Crippen MR) is 92.1 cm³/mol. The minimum Gasteiger partial charge on any atom is -0.465 e. The molecule has 2 atom stereocenters. The highest BCUT2D eigenvalue weighted by atomic mass is 16.6. The number of methoxy groups -OCH3 is 1. The van der Waals surface area contributed by atoms with E-state index in [-0.39, 0.29) is 18.0 Å². The summed E-state index contributed by atoms with van der Waals surface area (Å²) in [6.45, 7) is 9.03. The van der Waals surface area contributed by atoms with Gasteiger partial charge in [-0.25, -0.2) is 9.59 Å². The number of esters is 1. The first-order chi connectivity index (χ1) is 11.2. The topological polar surface area (TPSA) is 55.8 Å². The van der Waals surface area contributed by atoms with E-state index in [0.29, 0.717) is 24.6 Å². The van der Waals surface area contributed by atoms with Gasteiger partial charge < -0.3 is 14.4 Å². The van der Waals surface area contributed by atoms with Crippen LogP contribution in [0.5, 0.6) is 0 Å². The van der Waals surface area contributed by atoms with E-state index in [1.54, 1.807) is 11.0 Å². The van der Waals surface area contributed by atoms with Gasteiger partial charge in [0.25, 0.3) is 0 Å². The summed E-state index contributed by atoms with van der Waals surface area (Å²) in [6, 6.07) is 7.50. The molecule has 24 heavy (non-hydrogen) atoms. The average Bonchev–Trinajstić information content (AvgIpc) is 2.97. The first-order valence-corrected chi connectivity index (χ1v) is 8.41. The van der Waals surface area contributed by atoms with Gasteiger partial charge in [-0.2, -0.15) is 0 Å². The number of rotatable bonds is 3. The van der Waals surface area contributed by atoms with Crippen LogP contribution in [-0.2, 0) is 9.47 Å². The number of amides is 1. The van der Waals surface area contributed by atoms with Crippen LogP contribution in [0.2, 0.25) is 0 Å². The normalized spacial score (nSPS) is 20.8. The largest absolute Gasteiger partial charge is 0.465 e. The molecule has 1 aliphatic rings. The van der Waals surface area contributed by atoms with Crippen LogP contribution in [0.25, 0.3) is 0 Å². The molecule has 0 bridgehead atoms. The minimum absolute atomic E-state index is 0.201. The summed E-state index contributed by atoms with van der Waals surface area (Å²) in [4.78, 5) is 25.9. The summed E-state index contributed by atoms with van der Waals surface area (Å²) < 4.78 is 10.3. The standard InChI is InChI=1S/C19H27NO4/c1-6-13-11-20(18(22)24-19(2,3)4)12-16(13)14-8-7-9-15(10-14)17(21)23-5/h7-10,13,16H,6,11-12H2,1-5H3/t13-,16-/m0/s1. The molecule has 0 radical (unpaired) electrons. The fourth-order valence-electron chi connectivity index (χ4n) is 3.15. The van der Waals surface area contributed by atoms with Crippen LogP contribution in [-0.4, -0.2) is 42.8 Å². The SMILES string of the molecule is CC[C@H]1CN(C(=O)OC(C)(C)C)C[C@@H]1c1cccc(C(=O)OC)c1. The Bertz CT molecular complexity index is 606. The summed E-state index contributed by atoms with van der Waals surface area (Å²) in [5, 5.41) is 0. The fraction of sp³-hybridized carbons (Fsp3) is 0.579. The molecule has 0 spiro atoms. The highest BCUT2D eigenvalue weighted by molar-refractivity contribution is 5.89. The molecule has 0 saturated carbocycles. The van der Waals surface area contributed by atoms with Crippen molar-refractivity contribution in [3.05, 3.63) is 35.4 Å². The molecule has 1 aromatic carbocycles. The van der Waals surface area contributed by atoms with Gasteiger partial charge in [0.1, 0.15) is 5.60 Å². The molecule has 0 unspecified atom stereocenters. The summed E-state index contributed by atoms with van der Waals surface area (Å²) in [5.74, 6) is 0.212. The Balaban J connectivity index is 2.18. The molecule has 0 aliphatic carbocycles. The van der Waals surface area contributed by atoms with Gasteiger partial charge in [-0.05, 0) is 44.4 Å². The van der Waals surface area contributed by atoms with Crippen molar-refractivity contribution in [3.63, 3.8) is 0 Å². The quantitative estimate of drug-likeness (QED) is 0.789. The molecule has 1 heterocycles. The van der Waals surface area contributed by atoms with Crippen LogP contribution in [0.3, 0.4) is 0 Å². The van der Waals surface area contributed by atoms with Crippen LogP contribution < -0.4 is 0 Å². The zero-order chi connectivity index (χ0) is 17.9. The number of benzene rings is 1. The van der Waals surface area contributed by atoms with Gasteiger partial charge in [0.15, 0.2) is 0 Å². The summed E-state index contributed by atoms with van der Waals surface area (Å²) in [5.41, 5.74) is 1.11. The Morgan fingerprint density at radius 3 is 2.54 bits per heavy atom. The minimum atomic E-state index is -0.498. The third-order valence-electron chi connectivity index (χ3n) is 4.35. The maximum atomic E-state index is 12.4. The molecule has 0 aromatic heterocycles. The number of carbonyl (C=O) groups is 2. The molecule has 2 rings (SSSR count). The van der Waals surface area contributed by atoms with E-state index in [0.717, 1.165) is 12.0 Å². The van der Waals surface area contributed by atoms with Gasteiger partial charge in [0.2, 0.25) is 0 Å². The number of likely N-dealkylation sites (tertiary alicyclic amines) is 1. The monoisotopic (exact) mass is 333 g/mol. The predicted octanol–water partition coefficient (Wildman–Crippen LogP) is 3.83. The third-order valence-corrected chi connectivity index (χ3v) is 4.35. The lowest BCUT2D eigenvalue weighted by molar-refractivity contribution is 0.0286. The van der Waals surface area contributed by atoms with E-state index in [4.69, 9.17) is 9.47 Å². The molecule has 5 nitrogen and oxygen atoms in total. The van der Waals surface area contributed by atoms with Crippen LogP contribution in [0.1, 0.15) is 56.0 Å². The van der Waals surface area contributed by atoms with Gasteiger partial charge in [0.05, 0.1) is 12.7 Å². The van der Waals surface area contributed by atoms with Gasteiger partial charge in [-0.3, -0.25) is 0 Å².